The van der Waals surface area contributed by atoms with Crippen LogP contribution in [0.15, 0.2) is 18.2 Å². The van der Waals surface area contributed by atoms with Crippen LogP contribution in [0.4, 0.5) is 5.69 Å². The predicted octanol–water partition coefficient (Wildman–Crippen LogP) is 1.67. The fourth-order valence-corrected chi connectivity index (χ4v) is 2.79. The second-order valence-corrected chi connectivity index (χ2v) is 4.99. The highest BCUT2D eigenvalue weighted by molar-refractivity contribution is 5.59. The molecule has 1 aliphatic rings. The molecule has 18 heavy (non-hydrogen) atoms. The number of para-hydroxylation sites is 1. The number of aliphatic hydroxyl groups excluding tert-OH is 1. The van der Waals surface area contributed by atoms with Crippen LogP contribution >= 0.6 is 0 Å². The summed E-state index contributed by atoms with van der Waals surface area (Å²) in [5, 5.41) is 8.97. The van der Waals surface area contributed by atoms with Crippen LogP contribution in [-0.4, -0.2) is 49.3 Å². The Morgan fingerprint density at radius 1 is 1.17 bits per heavy atom. The summed E-state index contributed by atoms with van der Waals surface area (Å²) >= 11 is 0. The van der Waals surface area contributed by atoms with Crippen LogP contribution in [0.2, 0.25) is 0 Å². The Kier molecular flexibility index (Phi) is 4.61. The van der Waals surface area contributed by atoms with E-state index in [1.165, 1.54) is 16.8 Å². The van der Waals surface area contributed by atoms with Crippen LogP contribution in [0.25, 0.3) is 0 Å². The van der Waals surface area contributed by atoms with Gasteiger partial charge in [-0.1, -0.05) is 25.1 Å². The van der Waals surface area contributed by atoms with Crippen LogP contribution in [0.3, 0.4) is 0 Å². The number of anilines is 1. The highest BCUT2D eigenvalue weighted by atomic mass is 16.3. The van der Waals surface area contributed by atoms with Crippen LogP contribution in [0.5, 0.6) is 0 Å². The first kappa shape index (κ1) is 13.4. The van der Waals surface area contributed by atoms with Gasteiger partial charge >= 0.3 is 0 Å². The molecule has 0 atom stereocenters. The van der Waals surface area contributed by atoms with E-state index < -0.39 is 0 Å². The van der Waals surface area contributed by atoms with Gasteiger partial charge in [0.25, 0.3) is 0 Å². The molecule has 0 amide bonds. The molecule has 0 radical (unpaired) electrons. The van der Waals surface area contributed by atoms with Gasteiger partial charge in [-0.15, -0.1) is 0 Å². The maximum absolute atomic E-state index is 8.97. The van der Waals surface area contributed by atoms with E-state index in [1.807, 2.05) is 0 Å². The zero-order chi connectivity index (χ0) is 13.0. The van der Waals surface area contributed by atoms with Gasteiger partial charge in [0, 0.05) is 38.4 Å². The third-order valence-electron chi connectivity index (χ3n) is 3.81. The molecule has 1 aromatic carbocycles. The van der Waals surface area contributed by atoms with E-state index in [9.17, 15) is 0 Å². The molecule has 100 valence electrons. The number of rotatable bonds is 4. The van der Waals surface area contributed by atoms with Gasteiger partial charge in [0.2, 0.25) is 0 Å². The first-order valence-electron chi connectivity index (χ1n) is 6.93. The summed E-state index contributed by atoms with van der Waals surface area (Å²) in [6.07, 6.45) is 1.09. The van der Waals surface area contributed by atoms with Crippen LogP contribution in [-0.2, 0) is 6.42 Å². The van der Waals surface area contributed by atoms with Crippen LogP contribution < -0.4 is 4.90 Å². The molecule has 0 saturated carbocycles. The van der Waals surface area contributed by atoms with E-state index in [0.29, 0.717) is 0 Å². The number of hydrogen-bond acceptors (Lipinski definition) is 3. The van der Waals surface area contributed by atoms with Crippen molar-refractivity contribution in [3.05, 3.63) is 29.3 Å². The van der Waals surface area contributed by atoms with Crippen molar-refractivity contribution in [3.8, 4) is 0 Å². The Morgan fingerprint density at radius 3 is 2.50 bits per heavy atom. The van der Waals surface area contributed by atoms with Crippen molar-refractivity contribution in [2.45, 2.75) is 20.3 Å². The lowest BCUT2D eigenvalue weighted by Gasteiger charge is -2.37. The minimum atomic E-state index is 0.268. The van der Waals surface area contributed by atoms with Crippen molar-refractivity contribution in [2.75, 3.05) is 44.2 Å². The molecule has 3 nitrogen and oxygen atoms in total. The molecule has 1 fully saturated rings. The van der Waals surface area contributed by atoms with Crippen molar-refractivity contribution in [1.82, 2.24) is 4.90 Å². The fourth-order valence-electron chi connectivity index (χ4n) is 2.79. The molecule has 1 aliphatic heterocycles. The average molecular weight is 248 g/mol. The molecule has 0 unspecified atom stereocenters. The Bertz CT molecular complexity index is 384. The number of piperazine rings is 1. The Balaban J connectivity index is 2.09. The Hall–Kier alpha value is -1.06. The van der Waals surface area contributed by atoms with Crippen LogP contribution in [0, 0.1) is 6.92 Å². The summed E-state index contributed by atoms with van der Waals surface area (Å²) < 4.78 is 0. The second kappa shape index (κ2) is 6.21. The highest BCUT2D eigenvalue weighted by Crippen LogP contribution is 2.26. The maximum Gasteiger partial charge on any atom is 0.0558 e. The third kappa shape index (κ3) is 2.85. The maximum atomic E-state index is 8.97. The number of aliphatic hydroxyl groups is 1. The zero-order valence-electron chi connectivity index (χ0n) is 11.5. The fraction of sp³-hybridized carbons (Fsp3) is 0.600. The van der Waals surface area contributed by atoms with Gasteiger partial charge in [0.1, 0.15) is 0 Å². The number of β-amino-alcohol motifs (C(OH)–C–C–N with tert-alkyl or cyclic N) is 1. The first-order chi connectivity index (χ1) is 8.76. The quantitative estimate of drug-likeness (QED) is 0.878. The number of benzene rings is 1. The molecule has 0 aromatic heterocycles. The number of nitrogens with zero attached hydrogens (tertiary/aromatic N) is 2. The van der Waals surface area contributed by atoms with Crippen molar-refractivity contribution >= 4 is 5.69 Å². The van der Waals surface area contributed by atoms with E-state index in [2.05, 4.69) is 41.8 Å². The molecule has 1 aromatic rings. The van der Waals surface area contributed by atoms with E-state index in [0.717, 1.165) is 39.1 Å². The summed E-state index contributed by atoms with van der Waals surface area (Å²) in [5.41, 5.74) is 4.26. The van der Waals surface area contributed by atoms with Crippen molar-refractivity contribution in [2.24, 2.45) is 0 Å². The molecular weight excluding hydrogens is 224 g/mol. The molecule has 0 aliphatic carbocycles. The minimum Gasteiger partial charge on any atom is -0.395 e. The van der Waals surface area contributed by atoms with Gasteiger partial charge in [-0.25, -0.2) is 0 Å². The van der Waals surface area contributed by atoms with Gasteiger partial charge in [-0.3, -0.25) is 4.90 Å². The van der Waals surface area contributed by atoms with Gasteiger partial charge in [-0.2, -0.15) is 0 Å². The summed E-state index contributed by atoms with van der Waals surface area (Å²) in [6.45, 7) is 9.74. The van der Waals surface area contributed by atoms with Gasteiger partial charge in [0.05, 0.1) is 6.61 Å². The monoisotopic (exact) mass is 248 g/mol. The van der Waals surface area contributed by atoms with E-state index in [4.69, 9.17) is 5.11 Å². The summed E-state index contributed by atoms with van der Waals surface area (Å²) in [7, 11) is 0. The summed E-state index contributed by atoms with van der Waals surface area (Å²) in [5.74, 6) is 0. The van der Waals surface area contributed by atoms with E-state index in [1.54, 1.807) is 0 Å². The summed E-state index contributed by atoms with van der Waals surface area (Å²) in [4.78, 5) is 4.84. The lowest BCUT2D eigenvalue weighted by atomic mass is 10.0. The van der Waals surface area contributed by atoms with E-state index in [-0.39, 0.29) is 6.61 Å². The SMILES string of the molecule is CCc1cccc(C)c1N1CCN(CCO)CC1. The van der Waals surface area contributed by atoms with E-state index >= 15 is 0 Å². The topological polar surface area (TPSA) is 26.7 Å². The lowest BCUT2D eigenvalue weighted by Crippen LogP contribution is -2.47. The zero-order valence-corrected chi connectivity index (χ0v) is 11.5. The van der Waals surface area contributed by atoms with Crippen molar-refractivity contribution < 1.29 is 5.11 Å². The molecule has 3 heteroatoms. The highest BCUT2D eigenvalue weighted by Gasteiger charge is 2.19. The summed E-state index contributed by atoms with van der Waals surface area (Å²) in [6, 6.07) is 6.59. The molecule has 0 spiro atoms. The number of hydrogen-bond donors (Lipinski definition) is 1. The smallest absolute Gasteiger partial charge is 0.0558 e. The Morgan fingerprint density at radius 2 is 1.89 bits per heavy atom. The average Bonchev–Trinajstić information content (AvgIpc) is 2.40. The van der Waals surface area contributed by atoms with Gasteiger partial charge < -0.3 is 10.0 Å². The van der Waals surface area contributed by atoms with Crippen molar-refractivity contribution in [3.63, 3.8) is 0 Å². The number of aryl methyl sites for hydroxylation is 2. The Labute approximate surface area is 110 Å². The van der Waals surface area contributed by atoms with Crippen molar-refractivity contribution in [1.29, 1.82) is 0 Å². The third-order valence-corrected chi connectivity index (χ3v) is 3.81. The predicted molar refractivity (Wildman–Crippen MR) is 76.3 cm³/mol. The minimum absolute atomic E-state index is 0.268. The van der Waals surface area contributed by atoms with Crippen LogP contribution in [0.1, 0.15) is 18.1 Å². The normalized spacial score (nSPS) is 17.2. The van der Waals surface area contributed by atoms with Gasteiger partial charge in [-0.05, 0) is 24.5 Å². The molecule has 1 saturated heterocycles. The molecule has 1 N–H and O–H groups in total. The second-order valence-electron chi connectivity index (χ2n) is 4.99. The molecule has 0 bridgehead atoms. The largest absolute Gasteiger partial charge is 0.395 e. The molecular formula is C15H24N2O. The standard InChI is InChI=1S/C15H24N2O/c1-3-14-6-4-5-13(2)15(14)17-9-7-16(8-10-17)11-12-18/h4-6,18H,3,7-12H2,1-2H3. The molecule has 1 heterocycles. The lowest BCUT2D eigenvalue weighted by molar-refractivity contribution is 0.188. The van der Waals surface area contributed by atoms with Gasteiger partial charge in [0.15, 0.2) is 0 Å². The first-order valence-corrected chi connectivity index (χ1v) is 6.93. The molecule has 2 rings (SSSR count).